The number of pyridine rings is 1. The van der Waals surface area contributed by atoms with Gasteiger partial charge in [-0.25, -0.2) is 14.2 Å². The van der Waals surface area contributed by atoms with Gasteiger partial charge in [-0.05, 0) is 43.0 Å². The molecule has 0 spiro atoms. The van der Waals surface area contributed by atoms with Gasteiger partial charge in [-0.3, -0.25) is 0 Å². The number of nitrogens with zero attached hydrogens (tertiary/aromatic N) is 2. The summed E-state index contributed by atoms with van der Waals surface area (Å²) in [5.41, 5.74) is 4.47. The Kier molecular flexibility index (Phi) is 6.80. The van der Waals surface area contributed by atoms with E-state index < -0.39 is 0 Å². The number of halogens is 1. The van der Waals surface area contributed by atoms with Gasteiger partial charge in [-0.1, -0.05) is 44.1 Å². The first-order valence-electron chi connectivity index (χ1n) is 9.99. The second-order valence-electron chi connectivity index (χ2n) is 6.95. The molecule has 148 valence electrons. The monoisotopic (exact) mass is 382 g/mol. The number of aromatic nitrogens is 1. The molecule has 0 aliphatic carbocycles. The lowest BCUT2D eigenvalue weighted by atomic mass is 10.0. The Morgan fingerprint density at radius 3 is 2.79 bits per heavy atom. The van der Waals surface area contributed by atoms with E-state index in [9.17, 15) is 9.18 Å². The lowest BCUT2D eigenvalue weighted by Crippen LogP contribution is -2.20. The van der Waals surface area contributed by atoms with E-state index in [4.69, 9.17) is 4.74 Å². The predicted octanol–water partition coefficient (Wildman–Crippen LogP) is 5.16. The third-order valence-corrected chi connectivity index (χ3v) is 4.94. The van der Waals surface area contributed by atoms with Crippen molar-refractivity contribution in [1.82, 2.24) is 4.98 Å². The molecule has 0 fully saturated rings. The van der Waals surface area contributed by atoms with Crippen LogP contribution in [-0.2, 0) is 17.7 Å². The molecule has 1 aromatic carbocycles. The summed E-state index contributed by atoms with van der Waals surface area (Å²) in [4.78, 5) is 19.1. The van der Waals surface area contributed by atoms with Gasteiger partial charge >= 0.3 is 5.97 Å². The zero-order valence-electron chi connectivity index (χ0n) is 16.6. The largest absolute Gasteiger partial charge is 0.461 e. The molecule has 1 aliphatic rings. The van der Waals surface area contributed by atoms with Crippen LogP contribution in [-0.4, -0.2) is 24.1 Å². The lowest BCUT2D eigenvalue weighted by Gasteiger charge is -2.20. The quantitative estimate of drug-likeness (QED) is 0.467. The summed E-state index contributed by atoms with van der Waals surface area (Å²) < 4.78 is 18.4. The van der Waals surface area contributed by atoms with E-state index in [1.54, 1.807) is 25.3 Å². The van der Waals surface area contributed by atoms with Crippen molar-refractivity contribution in [2.75, 3.05) is 18.1 Å². The summed E-state index contributed by atoms with van der Waals surface area (Å²) >= 11 is 0. The van der Waals surface area contributed by atoms with Gasteiger partial charge in [0.1, 0.15) is 5.82 Å². The van der Waals surface area contributed by atoms with Gasteiger partial charge in [-0.15, -0.1) is 0 Å². The van der Waals surface area contributed by atoms with Crippen LogP contribution in [0.1, 0.15) is 60.3 Å². The number of esters is 1. The minimum Gasteiger partial charge on any atom is -0.461 e. The van der Waals surface area contributed by atoms with Crippen molar-refractivity contribution < 1.29 is 13.9 Å². The third-order valence-electron chi connectivity index (χ3n) is 4.94. The van der Waals surface area contributed by atoms with Gasteiger partial charge < -0.3 is 9.64 Å². The van der Waals surface area contributed by atoms with E-state index >= 15 is 0 Å². The Hall–Kier alpha value is -2.69. The molecule has 28 heavy (non-hydrogen) atoms. The van der Waals surface area contributed by atoms with Crippen molar-refractivity contribution >= 4 is 17.7 Å². The Morgan fingerprint density at radius 1 is 1.29 bits per heavy atom. The van der Waals surface area contributed by atoms with Crippen LogP contribution in [0.25, 0.3) is 6.08 Å². The lowest BCUT2D eigenvalue weighted by molar-refractivity contribution is 0.0519. The van der Waals surface area contributed by atoms with Crippen molar-refractivity contribution in [3.8, 4) is 0 Å². The molecule has 0 amide bonds. The third kappa shape index (κ3) is 4.58. The molecule has 5 heteroatoms. The summed E-state index contributed by atoms with van der Waals surface area (Å²) in [7, 11) is 0. The average molecular weight is 382 g/mol. The number of benzene rings is 1. The molecular formula is C23H27FN2O2. The van der Waals surface area contributed by atoms with Crippen molar-refractivity contribution in [1.29, 1.82) is 0 Å². The highest BCUT2D eigenvalue weighted by atomic mass is 19.1. The number of fused-ring (bicyclic) bond motifs is 1. The SMILES string of the molecule is CCCC/C=C/c1c(C(=O)OCC)ncc2c1CCN2Cc1ccc(F)cc1. The number of carbonyl (C=O) groups is 1. The maximum absolute atomic E-state index is 13.2. The van der Waals surface area contributed by atoms with Crippen LogP contribution >= 0.6 is 0 Å². The van der Waals surface area contributed by atoms with Gasteiger partial charge in [0.15, 0.2) is 5.69 Å². The maximum atomic E-state index is 13.2. The number of hydrogen-bond acceptors (Lipinski definition) is 4. The summed E-state index contributed by atoms with van der Waals surface area (Å²) in [5, 5.41) is 0. The minimum atomic E-state index is -0.377. The second kappa shape index (κ2) is 9.49. The molecule has 4 nitrogen and oxygen atoms in total. The fourth-order valence-corrected chi connectivity index (χ4v) is 3.50. The molecular weight excluding hydrogens is 355 g/mol. The van der Waals surface area contributed by atoms with E-state index in [1.165, 1.54) is 12.1 Å². The second-order valence-corrected chi connectivity index (χ2v) is 6.95. The van der Waals surface area contributed by atoms with Crippen molar-refractivity contribution in [3.05, 3.63) is 64.7 Å². The number of anilines is 1. The molecule has 0 radical (unpaired) electrons. The molecule has 2 aromatic rings. The summed E-state index contributed by atoms with van der Waals surface area (Å²) in [6, 6.07) is 6.57. The predicted molar refractivity (Wildman–Crippen MR) is 110 cm³/mol. The fraction of sp³-hybridized carbons (Fsp3) is 0.391. The molecule has 0 bridgehead atoms. The number of unbranched alkanes of at least 4 members (excludes halogenated alkanes) is 2. The minimum absolute atomic E-state index is 0.231. The van der Waals surface area contributed by atoms with Crippen LogP contribution in [0.4, 0.5) is 10.1 Å². The van der Waals surface area contributed by atoms with Crippen LogP contribution < -0.4 is 4.90 Å². The topological polar surface area (TPSA) is 42.4 Å². The van der Waals surface area contributed by atoms with Gasteiger partial charge in [0.05, 0.1) is 18.5 Å². The van der Waals surface area contributed by atoms with Gasteiger partial charge in [-0.2, -0.15) is 0 Å². The van der Waals surface area contributed by atoms with Gasteiger partial charge in [0.25, 0.3) is 0 Å². The van der Waals surface area contributed by atoms with E-state index in [1.807, 2.05) is 6.08 Å². The standard InChI is InChI=1S/C23H27FN2O2/c1-3-5-6-7-8-20-19-13-14-26(16-17-9-11-18(24)12-10-17)21(19)15-25-22(20)23(27)28-4-2/h7-12,15H,3-6,13-14,16H2,1-2H3/b8-7+. The highest BCUT2D eigenvalue weighted by Crippen LogP contribution is 2.33. The molecule has 2 heterocycles. The van der Waals surface area contributed by atoms with Crippen LogP contribution in [0.3, 0.4) is 0 Å². The van der Waals surface area contributed by atoms with Crippen molar-refractivity contribution in [2.45, 2.75) is 46.1 Å². The zero-order valence-corrected chi connectivity index (χ0v) is 16.6. The number of allylic oxidation sites excluding steroid dienone is 1. The Labute approximate surface area is 166 Å². The first kappa shape index (κ1) is 20.1. The molecule has 3 rings (SSSR count). The van der Waals surface area contributed by atoms with Crippen molar-refractivity contribution in [2.24, 2.45) is 0 Å². The van der Waals surface area contributed by atoms with Crippen LogP contribution in [0.5, 0.6) is 0 Å². The first-order chi connectivity index (χ1) is 13.6. The van der Waals surface area contributed by atoms with E-state index in [0.29, 0.717) is 18.8 Å². The van der Waals surface area contributed by atoms with Gasteiger partial charge in [0.2, 0.25) is 0 Å². The number of carbonyl (C=O) groups excluding carboxylic acids is 1. The van der Waals surface area contributed by atoms with E-state index in [0.717, 1.165) is 54.6 Å². The Morgan fingerprint density at radius 2 is 2.07 bits per heavy atom. The zero-order chi connectivity index (χ0) is 19.9. The van der Waals surface area contributed by atoms with Crippen LogP contribution in [0.15, 0.2) is 36.5 Å². The number of rotatable bonds is 8. The molecule has 0 unspecified atom stereocenters. The fourth-order valence-electron chi connectivity index (χ4n) is 3.50. The summed E-state index contributed by atoms with van der Waals surface area (Å²) in [5.74, 6) is -0.608. The molecule has 0 saturated heterocycles. The molecule has 1 aliphatic heterocycles. The molecule has 1 aromatic heterocycles. The van der Waals surface area contributed by atoms with E-state index in [2.05, 4.69) is 22.9 Å². The number of ether oxygens (including phenoxy) is 1. The molecule has 0 N–H and O–H groups in total. The smallest absolute Gasteiger partial charge is 0.357 e. The summed E-state index contributed by atoms with van der Waals surface area (Å²) in [6.45, 7) is 5.82. The maximum Gasteiger partial charge on any atom is 0.357 e. The van der Waals surface area contributed by atoms with Gasteiger partial charge in [0, 0.05) is 18.7 Å². The highest BCUT2D eigenvalue weighted by molar-refractivity contribution is 5.93. The molecule has 0 saturated carbocycles. The Balaban J connectivity index is 1.90. The van der Waals surface area contributed by atoms with Crippen molar-refractivity contribution in [3.63, 3.8) is 0 Å². The van der Waals surface area contributed by atoms with Crippen LogP contribution in [0, 0.1) is 5.82 Å². The normalized spacial score (nSPS) is 13.2. The molecule has 0 atom stereocenters. The average Bonchev–Trinajstić information content (AvgIpc) is 3.10. The number of hydrogen-bond donors (Lipinski definition) is 0. The highest BCUT2D eigenvalue weighted by Gasteiger charge is 2.26. The van der Waals surface area contributed by atoms with Crippen LogP contribution in [0.2, 0.25) is 0 Å². The summed E-state index contributed by atoms with van der Waals surface area (Å²) in [6.07, 6.45) is 9.97. The van der Waals surface area contributed by atoms with E-state index in [-0.39, 0.29) is 11.8 Å². The Bertz CT molecular complexity index is 846. The first-order valence-corrected chi connectivity index (χ1v) is 9.99.